The Bertz CT molecular complexity index is 679. The van der Waals surface area contributed by atoms with Crippen molar-refractivity contribution < 1.29 is 13.9 Å². The molecule has 0 amide bonds. The number of carbonyl (C=O) groups excluding carboxylic acids is 1. The van der Waals surface area contributed by atoms with Gasteiger partial charge >= 0.3 is 6.09 Å². The first-order valence-corrected chi connectivity index (χ1v) is 6.51. The summed E-state index contributed by atoms with van der Waals surface area (Å²) in [5.74, 6) is 0. The van der Waals surface area contributed by atoms with Crippen LogP contribution in [-0.2, 0) is 4.74 Å². The molecule has 0 aliphatic carbocycles. The minimum atomic E-state index is -0.782. The molecule has 1 aromatic heterocycles. The Hall–Kier alpha value is -1.81. The Morgan fingerprint density at radius 2 is 2.05 bits per heavy atom. The maximum Gasteiger partial charge on any atom is 0.418 e. The van der Waals surface area contributed by atoms with Crippen LogP contribution < -0.4 is 0 Å². The van der Waals surface area contributed by atoms with Crippen molar-refractivity contribution in [2.75, 3.05) is 0 Å². The highest BCUT2D eigenvalue weighted by Crippen LogP contribution is 2.21. The second-order valence-electron chi connectivity index (χ2n) is 5.42. The summed E-state index contributed by atoms with van der Waals surface area (Å²) in [6.07, 6.45) is 2.40. The highest BCUT2D eigenvalue weighted by Gasteiger charge is 2.18. The molecule has 0 fully saturated rings. The van der Waals surface area contributed by atoms with Gasteiger partial charge in [-0.3, -0.25) is 4.57 Å². The Morgan fingerprint density at radius 1 is 1.35 bits per heavy atom. The molecule has 0 aliphatic heterocycles. The first-order valence-electron chi connectivity index (χ1n) is 6.13. The summed E-state index contributed by atoms with van der Waals surface area (Å²) in [5.41, 5.74) is 0.774. The van der Waals surface area contributed by atoms with Crippen LogP contribution in [0.15, 0.2) is 35.7 Å². The summed E-state index contributed by atoms with van der Waals surface area (Å²) in [7, 11) is 0. The number of hydrogen-bond acceptors (Lipinski definition) is 2. The molecule has 0 unspecified atom stereocenters. The fourth-order valence-corrected chi connectivity index (χ4v) is 1.97. The second-order valence-corrected chi connectivity index (χ2v) is 5.78. The summed E-state index contributed by atoms with van der Waals surface area (Å²) in [6.45, 7) is 5.42. The van der Waals surface area contributed by atoms with Crippen LogP contribution in [0.2, 0.25) is 0 Å². The zero-order valence-electron chi connectivity index (χ0n) is 11.5. The van der Waals surface area contributed by atoms with Gasteiger partial charge in [-0.15, -0.1) is 0 Å². The lowest BCUT2D eigenvalue weighted by molar-refractivity contribution is 0.0544. The molecule has 0 atom stereocenters. The van der Waals surface area contributed by atoms with E-state index in [1.54, 1.807) is 30.5 Å². The quantitative estimate of drug-likeness (QED) is 0.747. The number of fused-ring (bicyclic) bond motifs is 1. The van der Waals surface area contributed by atoms with Gasteiger partial charge in [0, 0.05) is 11.6 Å². The van der Waals surface area contributed by atoms with E-state index in [9.17, 15) is 9.18 Å². The molecule has 0 saturated heterocycles. The number of hydrogen-bond donors (Lipinski definition) is 0. The minimum absolute atomic E-state index is 0.445. The van der Waals surface area contributed by atoms with Crippen LogP contribution in [0.1, 0.15) is 26.3 Å². The second kappa shape index (κ2) is 5.29. The van der Waals surface area contributed by atoms with Gasteiger partial charge in [0.2, 0.25) is 0 Å². The van der Waals surface area contributed by atoms with Crippen molar-refractivity contribution in [3.8, 4) is 0 Å². The normalized spacial score (nSPS) is 12.8. The molecular weight excluding hydrogens is 281 g/mol. The molecule has 2 rings (SSSR count). The van der Waals surface area contributed by atoms with Crippen molar-refractivity contribution in [2.24, 2.45) is 0 Å². The number of nitrogens with zero attached hydrogens (tertiary/aromatic N) is 1. The van der Waals surface area contributed by atoms with Gasteiger partial charge in [0.05, 0.1) is 5.52 Å². The molecule has 0 bridgehead atoms. The Labute approximate surface area is 121 Å². The van der Waals surface area contributed by atoms with Gasteiger partial charge in [-0.25, -0.2) is 4.79 Å². The maximum absolute atomic E-state index is 12.7. The Morgan fingerprint density at radius 3 is 2.65 bits per heavy atom. The van der Waals surface area contributed by atoms with Crippen LogP contribution >= 0.6 is 11.6 Å². The topological polar surface area (TPSA) is 31.2 Å². The summed E-state index contributed by atoms with van der Waals surface area (Å²) >= 11 is 5.21. The van der Waals surface area contributed by atoms with Crippen LogP contribution in [0, 0.1) is 0 Å². The molecular formula is C15H15ClFNO2. The Balaban J connectivity index is 2.38. The summed E-state index contributed by atoms with van der Waals surface area (Å²) in [4.78, 5) is 12.0. The van der Waals surface area contributed by atoms with Crippen molar-refractivity contribution in [1.82, 2.24) is 4.57 Å². The van der Waals surface area contributed by atoms with Crippen molar-refractivity contribution in [3.05, 3.63) is 41.3 Å². The third kappa shape index (κ3) is 3.39. The predicted octanol–water partition coefficient (Wildman–Crippen LogP) is 4.93. The van der Waals surface area contributed by atoms with E-state index < -0.39 is 17.0 Å². The van der Waals surface area contributed by atoms with Gasteiger partial charge in [0.15, 0.2) is 5.29 Å². The van der Waals surface area contributed by atoms with Crippen molar-refractivity contribution >= 4 is 34.7 Å². The first-order chi connectivity index (χ1) is 9.26. The number of aromatic nitrogens is 1. The third-order valence-electron chi connectivity index (χ3n) is 2.58. The molecule has 0 radical (unpaired) electrons. The number of carbonyl (C=O) groups is 1. The van der Waals surface area contributed by atoms with Crippen LogP contribution in [0.25, 0.3) is 17.0 Å². The van der Waals surface area contributed by atoms with Crippen molar-refractivity contribution in [3.63, 3.8) is 0 Å². The fourth-order valence-electron chi connectivity index (χ4n) is 1.85. The number of halogens is 2. The molecule has 3 nitrogen and oxygen atoms in total. The average Bonchev–Trinajstić information content (AvgIpc) is 2.68. The van der Waals surface area contributed by atoms with E-state index >= 15 is 0 Å². The lowest BCUT2D eigenvalue weighted by Crippen LogP contribution is -2.26. The van der Waals surface area contributed by atoms with Crippen molar-refractivity contribution in [1.29, 1.82) is 0 Å². The minimum Gasteiger partial charge on any atom is -0.443 e. The summed E-state index contributed by atoms with van der Waals surface area (Å²) in [5, 5.41) is 0.0263. The highest BCUT2D eigenvalue weighted by atomic mass is 35.5. The molecule has 106 valence electrons. The van der Waals surface area contributed by atoms with E-state index in [0.717, 1.165) is 5.39 Å². The molecule has 0 aliphatic rings. The monoisotopic (exact) mass is 295 g/mol. The predicted molar refractivity (Wildman–Crippen MR) is 78.5 cm³/mol. The van der Waals surface area contributed by atoms with Crippen LogP contribution in [-0.4, -0.2) is 16.3 Å². The first kappa shape index (κ1) is 14.6. The van der Waals surface area contributed by atoms with E-state index in [4.69, 9.17) is 16.3 Å². The van der Waals surface area contributed by atoms with E-state index in [1.807, 2.05) is 20.8 Å². The van der Waals surface area contributed by atoms with Crippen LogP contribution in [0.3, 0.4) is 0 Å². The maximum atomic E-state index is 12.7. The smallest absolute Gasteiger partial charge is 0.418 e. The number of rotatable bonds is 1. The lowest BCUT2D eigenvalue weighted by atomic mass is 10.1. The highest BCUT2D eigenvalue weighted by molar-refractivity contribution is 6.30. The standard InChI is InChI=1S/C15H15ClFNO2/c1-15(2,3)20-14(19)18-7-6-11-8-10(9-13(16)17)4-5-12(11)18/h4-9H,1-3H3/b13-9-. The zero-order valence-corrected chi connectivity index (χ0v) is 12.2. The van der Waals surface area contributed by atoms with Gasteiger partial charge in [-0.05, 0) is 50.6 Å². The van der Waals surface area contributed by atoms with Gasteiger partial charge in [-0.1, -0.05) is 17.7 Å². The lowest BCUT2D eigenvalue weighted by Gasteiger charge is -2.19. The van der Waals surface area contributed by atoms with Gasteiger partial charge in [-0.2, -0.15) is 4.39 Å². The SMILES string of the molecule is CC(C)(C)OC(=O)n1ccc2cc(/C=C(\F)Cl)ccc21. The number of benzene rings is 1. The van der Waals surface area contributed by atoms with Crippen LogP contribution in [0.4, 0.5) is 9.18 Å². The van der Waals surface area contributed by atoms with Gasteiger partial charge in [0.1, 0.15) is 5.60 Å². The molecule has 0 saturated carbocycles. The van der Waals surface area contributed by atoms with Gasteiger partial charge < -0.3 is 4.74 Å². The zero-order chi connectivity index (χ0) is 14.9. The largest absolute Gasteiger partial charge is 0.443 e. The van der Waals surface area contributed by atoms with Gasteiger partial charge in [0.25, 0.3) is 0 Å². The van der Waals surface area contributed by atoms with E-state index in [1.165, 1.54) is 10.6 Å². The molecule has 5 heteroatoms. The molecule has 2 aromatic rings. The summed E-state index contributed by atoms with van der Waals surface area (Å²) < 4.78 is 19.4. The average molecular weight is 296 g/mol. The molecule has 1 aromatic carbocycles. The molecule has 0 spiro atoms. The van der Waals surface area contributed by atoms with Crippen molar-refractivity contribution in [2.45, 2.75) is 26.4 Å². The molecule has 20 heavy (non-hydrogen) atoms. The molecule has 1 heterocycles. The summed E-state index contributed by atoms with van der Waals surface area (Å²) in [6, 6.07) is 6.93. The fraction of sp³-hybridized carbons (Fsp3) is 0.267. The van der Waals surface area contributed by atoms with E-state index in [2.05, 4.69) is 0 Å². The molecule has 0 N–H and O–H groups in total. The third-order valence-corrected chi connectivity index (χ3v) is 2.69. The van der Waals surface area contributed by atoms with Crippen LogP contribution in [0.5, 0.6) is 0 Å². The Kier molecular flexibility index (Phi) is 3.86. The van der Waals surface area contributed by atoms with E-state index in [-0.39, 0.29) is 0 Å². The number of ether oxygens (including phenoxy) is 1. The van der Waals surface area contributed by atoms with E-state index in [0.29, 0.717) is 11.1 Å².